The standard InChI is InChI=1S/C15H21N3O3/c1-8-6-12(13(14(16)19)10(3)17-8)18-5-4-11(15(20)21)7-9(18)2/h6,9,11H,4-5,7H2,1-3H3,(H2,16,19)(H,20,21). The lowest BCUT2D eigenvalue weighted by Gasteiger charge is -2.39. The molecule has 114 valence electrons. The number of hydrogen-bond acceptors (Lipinski definition) is 4. The highest BCUT2D eigenvalue weighted by atomic mass is 16.4. The lowest BCUT2D eigenvalue weighted by molar-refractivity contribution is -0.142. The van der Waals surface area contributed by atoms with Crippen molar-refractivity contribution in [1.82, 2.24) is 4.98 Å². The maximum absolute atomic E-state index is 11.7. The van der Waals surface area contributed by atoms with Gasteiger partial charge in [-0.1, -0.05) is 0 Å². The number of aliphatic carboxylic acids is 1. The highest BCUT2D eigenvalue weighted by Crippen LogP contribution is 2.31. The van der Waals surface area contributed by atoms with Gasteiger partial charge in [0.2, 0.25) is 0 Å². The number of anilines is 1. The highest BCUT2D eigenvalue weighted by molar-refractivity contribution is 5.99. The number of pyridine rings is 1. The molecule has 2 unspecified atom stereocenters. The van der Waals surface area contributed by atoms with E-state index < -0.39 is 11.9 Å². The topological polar surface area (TPSA) is 96.5 Å². The molecule has 1 aliphatic heterocycles. The number of carboxylic acids is 1. The van der Waals surface area contributed by atoms with Gasteiger partial charge in [0.15, 0.2) is 0 Å². The number of carbonyl (C=O) groups is 2. The van der Waals surface area contributed by atoms with Crippen molar-refractivity contribution < 1.29 is 14.7 Å². The molecule has 0 aliphatic carbocycles. The first-order valence-electron chi connectivity index (χ1n) is 7.08. The van der Waals surface area contributed by atoms with Gasteiger partial charge in [0.25, 0.3) is 5.91 Å². The van der Waals surface area contributed by atoms with Crippen LogP contribution < -0.4 is 10.6 Å². The normalized spacial score (nSPS) is 22.1. The third kappa shape index (κ3) is 2.99. The number of carbonyl (C=O) groups excluding carboxylic acids is 1. The Balaban J connectivity index is 2.38. The second kappa shape index (κ2) is 5.71. The van der Waals surface area contributed by atoms with Crippen molar-refractivity contribution in [2.75, 3.05) is 11.4 Å². The van der Waals surface area contributed by atoms with Crippen LogP contribution in [0.3, 0.4) is 0 Å². The van der Waals surface area contributed by atoms with Crippen molar-refractivity contribution in [3.63, 3.8) is 0 Å². The van der Waals surface area contributed by atoms with Crippen LogP contribution in [0.15, 0.2) is 6.07 Å². The minimum Gasteiger partial charge on any atom is -0.481 e. The number of nitrogens with zero attached hydrogens (tertiary/aromatic N) is 2. The van der Waals surface area contributed by atoms with Crippen LogP contribution in [0.4, 0.5) is 5.69 Å². The molecule has 2 heterocycles. The SMILES string of the molecule is Cc1cc(N2CCC(C(=O)O)CC2C)c(C(N)=O)c(C)n1. The van der Waals surface area contributed by atoms with Crippen LogP contribution in [0.25, 0.3) is 0 Å². The second-order valence-electron chi connectivity index (χ2n) is 5.71. The largest absolute Gasteiger partial charge is 0.481 e. The Hall–Kier alpha value is -2.11. The molecule has 2 atom stereocenters. The zero-order valence-corrected chi connectivity index (χ0v) is 12.6. The van der Waals surface area contributed by atoms with E-state index in [0.717, 1.165) is 11.4 Å². The van der Waals surface area contributed by atoms with Crippen LogP contribution in [0.1, 0.15) is 41.5 Å². The Kier molecular flexibility index (Phi) is 4.16. The van der Waals surface area contributed by atoms with Crippen LogP contribution >= 0.6 is 0 Å². The number of nitrogens with two attached hydrogens (primary N) is 1. The van der Waals surface area contributed by atoms with Crippen LogP contribution in [0.5, 0.6) is 0 Å². The van der Waals surface area contributed by atoms with Crippen LogP contribution in [0, 0.1) is 19.8 Å². The van der Waals surface area contributed by atoms with Crippen molar-refractivity contribution in [2.24, 2.45) is 11.7 Å². The number of aryl methyl sites for hydroxylation is 2. The monoisotopic (exact) mass is 291 g/mol. The average Bonchev–Trinajstić information content (AvgIpc) is 2.36. The average molecular weight is 291 g/mol. The summed E-state index contributed by atoms with van der Waals surface area (Å²) in [7, 11) is 0. The summed E-state index contributed by atoms with van der Waals surface area (Å²) in [5.74, 6) is -1.57. The van der Waals surface area contributed by atoms with Gasteiger partial charge in [-0.2, -0.15) is 0 Å². The molecule has 1 aliphatic rings. The van der Waals surface area contributed by atoms with Gasteiger partial charge in [-0.25, -0.2) is 0 Å². The first kappa shape index (κ1) is 15.3. The summed E-state index contributed by atoms with van der Waals surface area (Å²) in [6.07, 6.45) is 1.13. The minimum atomic E-state index is -0.751. The van der Waals surface area contributed by atoms with E-state index in [1.165, 1.54) is 0 Å². The fraction of sp³-hybridized carbons (Fsp3) is 0.533. The summed E-state index contributed by atoms with van der Waals surface area (Å²) in [5.41, 5.74) is 8.13. The van der Waals surface area contributed by atoms with E-state index in [9.17, 15) is 9.59 Å². The van der Waals surface area contributed by atoms with E-state index >= 15 is 0 Å². The summed E-state index contributed by atoms with van der Waals surface area (Å²) >= 11 is 0. The van der Waals surface area contributed by atoms with Gasteiger partial charge in [-0.15, -0.1) is 0 Å². The van der Waals surface area contributed by atoms with Crippen molar-refractivity contribution >= 4 is 17.6 Å². The van der Waals surface area contributed by atoms with Gasteiger partial charge in [0.1, 0.15) is 0 Å². The molecule has 0 aromatic carbocycles. The van der Waals surface area contributed by atoms with Crippen LogP contribution in [-0.2, 0) is 4.79 Å². The molecule has 6 heteroatoms. The molecule has 21 heavy (non-hydrogen) atoms. The first-order chi connectivity index (χ1) is 9.81. The Bertz CT molecular complexity index is 586. The van der Waals surface area contributed by atoms with E-state index in [4.69, 9.17) is 10.8 Å². The molecule has 0 saturated carbocycles. The van der Waals surface area contributed by atoms with E-state index in [0.29, 0.717) is 30.6 Å². The van der Waals surface area contributed by atoms with Crippen molar-refractivity contribution in [2.45, 2.75) is 39.7 Å². The Morgan fingerprint density at radius 1 is 1.43 bits per heavy atom. The van der Waals surface area contributed by atoms with Gasteiger partial charge in [-0.05, 0) is 39.7 Å². The van der Waals surface area contributed by atoms with Crippen LogP contribution in [-0.4, -0.2) is 34.6 Å². The van der Waals surface area contributed by atoms with Gasteiger partial charge < -0.3 is 15.7 Å². The first-order valence-corrected chi connectivity index (χ1v) is 7.08. The Morgan fingerprint density at radius 2 is 2.10 bits per heavy atom. The van der Waals surface area contributed by atoms with Gasteiger partial charge in [0, 0.05) is 18.3 Å². The Morgan fingerprint density at radius 3 is 2.62 bits per heavy atom. The molecule has 1 fully saturated rings. The third-order valence-corrected chi connectivity index (χ3v) is 4.09. The van der Waals surface area contributed by atoms with Crippen LogP contribution in [0.2, 0.25) is 0 Å². The summed E-state index contributed by atoms with van der Waals surface area (Å²) in [6.45, 7) is 6.22. The molecule has 2 rings (SSSR count). The molecule has 3 N–H and O–H groups in total. The maximum Gasteiger partial charge on any atom is 0.306 e. The van der Waals surface area contributed by atoms with Gasteiger partial charge in [-0.3, -0.25) is 14.6 Å². The van der Waals surface area contributed by atoms with E-state index in [2.05, 4.69) is 9.88 Å². The molecule has 1 saturated heterocycles. The predicted octanol–water partition coefficient (Wildman–Crippen LogP) is 1.49. The molecular formula is C15H21N3O3. The number of hydrogen-bond donors (Lipinski definition) is 2. The number of rotatable bonds is 3. The zero-order chi connectivity index (χ0) is 15.7. The summed E-state index contributed by atoms with van der Waals surface area (Å²) < 4.78 is 0. The smallest absolute Gasteiger partial charge is 0.306 e. The summed E-state index contributed by atoms with van der Waals surface area (Å²) in [4.78, 5) is 29.2. The minimum absolute atomic E-state index is 0.0409. The number of carboxylic acid groups (broad SMARTS) is 1. The molecule has 0 radical (unpaired) electrons. The zero-order valence-electron chi connectivity index (χ0n) is 12.6. The molecule has 1 aromatic heterocycles. The second-order valence-corrected chi connectivity index (χ2v) is 5.71. The van der Waals surface area contributed by atoms with Crippen molar-refractivity contribution in [3.05, 3.63) is 23.0 Å². The number of primary amides is 1. The predicted molar refractivity (Wildman–Crippen MR) is 79.4 cm³/mol. The Labute approximate surface area is 124 Å². The molecular weight excluding hydrogens is 270 g/mol. The fourth-order valence-corrected chi connectivity index (χ4v) is 3.09. The molecule has 0 bridgehead atoms. The van der Waals surface area contributed by atoms with E-state index in [1.54, 1.807) is 6.92 Å². The fourth-order valence-electron chi connectivity index (χ4n) is 3.09. The number of amides is 1. The van der Waals surface area contributed by atoms with Crippen molar-refractivity contribution in [3.8, 4) is 0 Å². The lowest BCUT2D eigenvalue weighted by Crippen LogP contribution is -2.43. The summed E-state index contributed by atoms with van der Waals surface area (Å²) in [6, 6.07) is 1.89. The molecule has 1 amide bonds. The summed E-state index contributed by atoms with van der Waals surface area (Å²) in [5, 5.41) is 9.14. The number of piperidine rings is 1. The molecule has 0 spiro atoms. The number of aromatic nitrogens is 1. The molecule has 6 nitrogen and oxygen atoms in total. The maximum atomic E-state index is 11.7. The van der Waals surface area contributed by atoms with Gasteiger partial charge >= 0.3 is 5.97 Å². The van der Waals surface area contributed by atoms with Crippen molar-refractivity contribution in [1.29, 1.82) is 0 Å². The van der Waals surface area contributed by atoms with Gasteiger partial charge in [0.05, 0.1) is 22.9 Å². The van der Waals surface area contributed by atoms with E-state index in [1.807, 2.05) is 19.9 Å². The molecule has 1 aromatic rings. The third-order valence-electron chi connectivity index (χ3n) is 4.09. The van der Waals surface area contributed by atoms with E-state index in [-0.39, 0.29) is 12.0 Å². The highest BCUT2D eigenvalue weighted by Gasteiger charge is 2.31. The lowest BCUT2D eigenvalue weighted by atomic mass is 9.90. The quantitative estimate of drug-likeness (QED) is 0.879.